The second-order valence-electron chi connectivity index (χ2n) is 6.48. The molecule has 150 valence electrons. The maximum absolute atomic E-state index is 13.0. The Morgan fingerprint density at radius 2 is 1.67 bits per heavy atom. The average molecular weight is 460 g/mol. The molecule has 0 aliphatic carbocycles. The maximum atomic E-state index is 13.0. The summed E-state index contributed by atoms with van der Waals surface area (Å²) in [5.41, 5.74) is 2.36. The highest BCUT2D eigenvalue weighted by atomic mass is 35.5. The second kappa shape index (κ2) is 8.48. The van der Waals surface area contributed by atoms with Crippen molar-refractivity contribution in [1.82, 2.24) is 0 Å². The standard InChI is InChI=1S/C22H13Cl3N2O3/c23-15-8-6-14(7-9-15)22(29)30-26-20-16-3-1-2-4-19(16)27(21(20)28)12-13-5-10-17(24)18(25)11-13/h1-11H,12H2/b26-20+. The summed E-state index contributed by atoms with van der Waals surface area (Å²) in [6.07, 6.45) is 0. The van der Waals surface area contributed by atoms with E-state index < -0.39 is 5.97 Å². The Labute approximate surface area is 187 Å². The first-order chi connectivity index (χ1) is 14.4. The zero-order valence-electron chi connectivity index (χ0n) is 15.3. The van der Waals surface area contributed by atoms with Crippen LogP contribution in [0.15, 0.2) is 71.9 Å². The van der Waals surface area contributed by atoms with Gasteiger partial charge in [0.15, 0.2) is 5.71 Å². The van der Waals surface area contributed by atoms with E-state index in [0.717, 1.165) is 5.56 Å². The van der Waals surface area contributed by atoms with Crippen LogP contribution >= 0.6 is 34.8 Å². The Kier molecular flexibility index (Phi) is 5.77. The Bertz CT molecular complexity index is 1180. The number of benzene rings is 3. The van der Waals surface area contributed by atoms with Crippen LogP contribution in [0, 0.1) is 0 Å². The Hall–Kier alpha value is -2.86. The van der Waals surface area contributed by atoms with Gasteiger partial charge in [0.2, 0.25) is 0 Å². The molecule has 30 heavy (non-hydrogen) atoms. The van der Waals surface area contributed by atoms with Crippen molar-refractivity contribution < 1.29 is 14.4 Å². The van der Waals surface area contributed by atoms with Gasteiger partial charge in [-0.3, -0.25) is 4.79 Å². The fraction of sp³-hybridized carbons (Fsp3) is 0.0455. The number of carbonyl (C=O) groups is 2. The molecule has 1 aliphatic heterocycles. The lowest BCUT2D eigenvalue weighted by Gasteiger charge is -2.17. The van der Waals surface area contributed by atoms with Crippen molar-refractivity contribution in [1.29, 1.82) is 0 Å². The molecule has 4 rings (SSSR count). The molecule has 0 aromatic heterocycles. The van der Waals surface area contributed by atoms with Gasteiger partial charge in [0.25, 0.3) is 5.91 Å². The Morgan fingerprint density at radius 3 is 2.40 bits per heavy atom. The van der Waals surface area contributed by atoms with Crippen LogP contribution in [0.4, 0.5) is 5.69 Å². The summed E-state index contributed by atoms with van der Waals surface area (Å²) in [6.45, 7) is 0.261. The molecule has 1 heterocycles. The molecule has 0 atom stereocenters. The molecule has 0 unspecified atom stereocenters. The number of para-hydroxylation sites is 1. The summed E-state index contributed by atoms with van der Waals surface area (Å²) in [5, 5.41) is 5.20. The zero-order chi connectivity index (χ0) is 21.3. The number of amides is 1. The van der Waals surface area contributed by atoms with Crippen LogP contribution < -0.4 is 4.90 Å². The predicted octanol–water partition coefficient (Wildman–Crippen LogP) is 5.75. The molecule has 8 heteroatoms. The van der Waals surface area contributed by atoms with Crippen LogP contribution in [-0.2, 0) is 16.2 Å². The largest absolute Gasteiger partial charge is 0.365 e. The molecule has 1 amide bonds. The third kappa shape index (κ3) is 4.05. The van der Waals surface area contributed by atoms with Crippen molar-refractivity contribution in [2.75, 3.05) is 4.90 Å². The predicted molar refractivity (Wildman–Crippen MR) is 117 cm³/mol. The normalized spacial score (nSPS) is 14.2. The smallest absolute Gasteiger partial charge is 0.312 e. The molecule has 3 aromatic carbocycles. The highest BCUT2D eigenvalue weighted by molar-refractivity contribution is 6.54. The number of anilines is 1. The minimum Gasteiger partial charge on any atom is -0.312 e. The third-order valence-electron chi connectivity index (χ3n) is 4.52. The molecule has 1 aliphatic rings. The molecule has 5 nitrogen and oxygen atoms in total. The molecule has 0 saturated heterocycles. The average Bonchev–Trinajstić information content (AvgIpc) is 3.00. The van der Waals surface area contributed by atoms with Gasteiger partial charge in [-0.05, 0) is 48.0 Å². The van der Waals surface area contributed by atoms with E-state index in [1.54, 1.807) is 53.4 Å². The van der Waals surface area contributed by atoms with E-state index in [-0.39, 0.29) is 23.7 Å². The summed E-state index contributed by atoms with van der Waals surface area (Å²) in [6, 6.07) is 18.5. The van der Waals surface area contributed by atoms with Crippen molar-refractivity contribution in [3.63, 3.8) is 0 Å². The van der Waals surface area contributed by atoms with Crippen LogP contribution in [0.3, 0.4) is 0 Å². The molecule has 0 spiro atoms. The Morgan fingerprint density at radius 1 is 0.933 bits per heavy atom. The number of carbonyl (C=O) groups excluding carboxylic acids is 2. The van der Waals surface area contributed by atoms with E-state index in [9.17, 15) is 9.59 Å². The first-order valence-corrected chi connectivity index (χ1v) is 9.97. The minimum atomic E-state index is -0.688. The van der Waals surface area contributed by atoms with Crippen molar-refractivity contribution in [2.45, 2.75) is 6.54 Å². The second-order valence-corrected chi connectivity index (χ2v) is 7.73. The number of hydrogen-bond donors (Lipinski definition) is 0. The van der Waals surface area contributed by atoms with Crippen molar-refractivity contribution >= 4 is 58.1 Å². The van der Waals surface area contributed by atoms with E-state index >= 15 is 0 Å². The van der Waals surface area contributed by atoms with Gasteiger partial charge in [0.05, 0.1) is 27.8 Å². The lowest BCUT2D eigenvalue weighted by Crippen LogP contribution is -2.29. The molecular weight excluding hydrogens is 447 g/mol. The van der Waals surface area contributed by atoms with Gasteiger partial charge in [0.1, 0.15) is 0 Å². The topological polar surface area (TPSA) is 59.0 Å². The van der Waals surface area contributed by atoms with Crippen LogP contribution in [-0.4, -0.2) is 17.6 Å². The first-order valence-electron chi connectivity index (χ1n) is 8.84. The number of hydrogen-bond acceptors (Lipinski definition) is 4. The van der Waals surface area contributed by atoms with E-state index in [1.165, 1.54) is 12.1 Å². The summed E-state index contributed by atoms with van der Waals surface area (Å²) in [7, 11) is 0. The monoisotopic (exact) mass is 458 g/mol. The lowest BCUT2D eigenvalue weighted by atomic mass is 10.1. The van der Waals surface area contributed by atoms with E-state index in [2.05, 4.69) is 5.16 Å². The fourth-order valence-corrected chi connectivity index (χ4v) is 3.50. The van der Waals surface area contributed by atoms with Crippen molar-refractivity contribution in [3.05, 3.63) is 98.5 Å². The molecule has 0 N–H and O–H groups in total. The first kappa shape index (κ1) is 20.4. The highest BCUT2D eigenvalue weighted by Gasteiger charge is 2.34. The van der Waals surface area contributed by atoms with Gasteiger partial charge in [-0.2, -0.15) is 0 Å². The number of halogens is 3. The third-order valence-corrected chi connectivity index (χ3v) is 5.51. The summed E-state index contributed by atoms with van der Waals surface area (Å²) >= 11 is 17.9. The quantitative estimate of drug-likeness (QED) is 0.368. The van der Waals surface area contributed by atoms with Crippen LogP contribution in [0.25, 0.3) is 0 Å². The van der Waals surface area contributed by atoms with Gasteiger partial charge in [-0.25, -0.2) is 4.79 Å². The number of nitrogens with zero attached hydrogens (tertiary/aromatic N) is 2. The number of rotatable bonds is 4. The zero-order valence-corrected chi connectivity index (χ0v) is 17.6. The summed E-state index contributed by atoms with van der Waals surface area (Å²) < 4.78 is 0. The van der Waals surface area contributed by atoms with Crippen LogP contribution in [0.5, 0.6) is 0 Å². The van der Waals surface area contributed by atoms with Gasteiger partial charge >= 0.3 is 5.97 Å². The minimum absolute atomic E-state index is 0.0490. The molecule has 0 radical (unpaired) electrons. The highest BCUT2D eigenvalue weighted by Crippen LogP contribution is 2.32. The number of fused-ring (bicyclic) bond motifs is 1. The van der Waals surface area contributed by atoms with Gasteiger partial charge < -0.3 is 9.74 Å². The molecule has 3 aromatic rings. The van der Waals surface area contributed by atoms with E-state index in [4.69, 9.17) is 39.6 Å². The van der Waals surface area contributed by atoms with Gasteiger partial charge in [-0.15, -0.1) is 0 Å². The maximum Gasteiger partial charge on any atom is 0.365 e. The molecule has 0 fully saturated rings. The fourth-order valence-electron chi connectivity index (χ4n) is 3.05. The summed E-state index contributed by atoms with van der Waals surface area (Å²) in [4.78, 5) is 31.9. The molecule has 0 bridgehead atoms. The van der Waals surface area contributed by atoms with Crippen molar-refractivity contribution in [3.8, 4) is 0 Å². The van der Waals surface area contributed by atoms with Gasteiger partial charge in [0, 0.05) is 10.6 Å². The number of oxime groups is 1. The molecular formula is C22H13Cl3N2O3. The SMILES string of the molecule is O=C(O/N=C1/C(=O)N(Cc2ccc(Cl)c(Cl)c2)c2ccccc21)c1ccc(Cl)cc1. The van der Waals surface area contributed by atoms with E-state index in [0.29, 0.717) is 26.3 Å². The van der Waals surface area contributed by atoms with Crippen LogP contribution in [0.2, 0.25) is 15.1 Å². The van der Waals surface area contributed by atoms with Crippen molar-refractivity contribution in [2.24, 2.45) is 5.16 Å². The lowest BCUT2D eigenvalue weighted by molar-refractivity contribution is -0.112. The molecule has 0 saturated carbocycles. The summed E-state index contributed by atoms with van der Waals surface area (Å²) in [5.74, 6) is -1.07. The van der Waals surface area contributed by atoms with E-state index in [1.807, 2.05) is 6.07 Å². The Balaban J connectivity index is 1.60. The van der Waals surface area contributed by atoms with Crippen LogP contribution in [0.1, 0.15) is 21.5 Å². The van der Waals surface area contributed by atoms with Gasteiger partial charge in [-0.1, -0.05) is 64.2 Å².